The third-order valence-corrected chi connectivity index (χ3v) is 7.06. The highest BCUT2D eigenvalue weighted by atomic mass is 16.5. The Kier molecular flexibility index (Phi) is 5.58. The Morgan fingerprint density at radius 3 is 2.81 bits per heavy atom. The first-order chi connectivity index (χ1) is 17.8. The molecule has 0 saturated carbocycles. The van der Waals surface area contributed by atoms with Crippen LogP contribution in [0.3, 0.4) is 0 Å². The number of aromatic nitrogens is 4. The fraction of sp³-hybridized carbons (Fsp3) is 0.333. The van der Waals surface area contributed by atoms with Crippen molar-refractivity contribution in [3.05, 3.63) is 60.2 Å². The number of morpholine rings is 1. The molecule has 1 atom stereocenters. The first-order valence-corrected chi connectivity index (χ1v) is 12.3. The van der Waals surface area contributed by atoms with Crippen molar-refractivity contribution in [2.24, 2.45) is 7.05 Å². The van der Waals surface area contributed by atoms with Crippen molar-refractivity contribution in [1.82, 2.24) is 24.8 Å². The molecule has 2 aliphatic heterocycles. The van der Waals surface area contributed by atoms with Gasteiger partial charge < -0.3 is 29.9 Å². The van der Waals surface area contributed by atoms with Gasteiger partial charge in [0.1, 0.15) is 17.6 Å². The van der Waals surface area contributed by atoms with Crippen molar-refractivity contribution in [3.63, 3.8) is 0 Å². The molecule has 0 bridgehead atoms. The van der Waals surface area contributed by atoms with E-state index in [4.69, 9.17) is 9.72 Å². The zero-order valence-corrected chi connectivity index (χ0v) is 21.0. The number of ether oxygens (including phenoxy) is 1. The smallest absolute Gasteiger partial charge is 0.254 e. The van der Waals surface area contributed by atoms with Crippen molar-refractivity contribution >= 4 is 34.1 Å². The summed E-state index contributed by atoms with van der Waals surface area (Å²) in [6.45, 7) is 5.72. The lowest BCUT2D eigenvalue weighted by molar-refractivity contribution is -0.0929. The van der Waals surface area contributed by atoms with E-state index < -0.39 is 5.60 Å². The van der Waals surface area contributed by atoms with Crippen LogP contribution >= 0.6 is 0 Å². The second-order valence-electron chi connectivity index (χ2n) is 10.1. The van der Waals surface area contributed by atoms with Crippen LogP contribution in [-0.4, -0.2) is 61.9 Å². The number of fused-ring (bicyclic) bond motifs is 2. The van der Waals surface area contributed by atoms with Gasteiger partial charge in [-0.15, -0.1) is 0 Å². The molecule has 0 aromatic carbocycles. The highest BCUT2D eigenvalue weighted by Crippen LogP contribution is 2.36. The summed E-state index contributed by atoms with van der Waals surface area (Å²) in [4.78, 5) is 28.8. The highest BCUT2D eigenvalue weighted by Gasteiger charge is 2.33. The van der Waals surface area contributed by atoms with Gasteiger partial charge in [0.2, 0.25) is 0 Å². The minimum atomic E-state index is -0.928. The highest BCUT2D eigenvalue weighted by molar-refractivity contribution is 6.06. The van der Waals surface area contributed by atoms with E-state index in [1.54, 1.807) is 32.4 Å². The second kappa shape index (κ2) is 8.82. The van der Waals surface area contributed by atoms with Gasteiger partial charge >= 0.3 is 0 Å². The number of amides is 1. The summed E-state index contributed by atoms with van der Waals surface area (Å²) >= 11 is 0. The monoisotopic (exact) mass is 499 g/mol. The minimum Gasteiger partial charge on any atom is -0.388 e. The molecular weight excluding hydrogens is 470 g/mol. The Balaban J connectivity index is 1.28. The van der Waals surface area contributed by atoms with Crippen molar-refractivity contribution in [1.29, 1.82) is 0 Å². The topological polar surface area (TPSA) is 117 Å². The molecule has 4 aromatic rings. The molecule has 0 radical (unpaired) electrons. The van der Waals surface area contributed by atoms with Crippen LogP contribution in [0.5, 0.6) is 0 Å². The molecule has 6 heterocycles. The SMILES string of the molecule is Cn1ccc2c(-c3ncc(Nc4ccc(N5CCOC(C(C)(C)O)C5)nc4)c4c3CNC4=O)ccnc21. The quantitative estimate of drug-likeness (QED) is 0.384. The van der Waals surface area contributed by atoms with Gasteiger partial charge in [-0.3, -0.25) is 9.78 Å². The molecule has 0 spiro atoms. The number of carbonyl (C=O) groups is 1. The largest absolute Gasteiger partial charge is 0.388 e. The van der Waals surface area contributed by atoms with Crippen LogP contribution < -0.4 is 15.5 Å². The molecule has 10 nitrogen and oxygen atoms in total. The maximum Gasteiger partial charge on any atom is 0.254 e. The number of aliphatic hydroxyl groups is 1. The average molecular weight is 500 g/mol. The molecule has 1 unspecified atom stereocenters. The molecule has 2 aliphatic rings. The maximum absolute atomic E-state index is 12.9. The summed E-state index contributed by atoms with van der Waals surface area (Å²) in [6, 6.07) is 7.83. The van der Waals surface area contributed by atoms with Crippen LogP contribution in [0.25, 0.3) is 22.3 Å². The predicted octanol–water partition coefficient (Wildman–Crippen LogP) is 2.99. The number of nitrogens with one attached hydrogen (secondary N) is 2. The van der Waals surface area contributed by atoms with E-state index in [0.717, 1.165) is 39.4 Å². The lowest BCUT2D eigenvalue weighted by Crippen LogP contribution is -2.52. The summed E-state index contributed by atoms with van der Waals surface area (Å²) in [5, 5.41) is 17.6. The van der Waals surface area contributed by atoms with E-state index in [1.807, 2.05) is 42.1 Å². The minimum absolute atomic E-state index is 0.130. The van der Waals surface area contributed by atoms with Crippen molar-refractivity contribution in [2.75, 3.05) is 29.9 Å². The number of hydrogen-bond acceptors (Lipinski definition) is 8. The van der Waals surface area contributed by atoms with Gasteiger partial charge in [-0.05, 0) is 38.1 Å². The Bertz CT molecular complexity index is 1490. The number of anilines is 3. The maximum atomic E-state index is 12.9. The standard InChI is InChI=1S/C27H29N7O3/c1-27(2,36)21-15-34(10-11-37-21)22-5-4-16(12-29-22)32-20-14-30-24(19-13-31-26(35)23(19)20)17-6-8-28-25-18(17)7-9-33(25)3/h4-9,12,14,21,32,36H,10-11,13,15H2,1-3H3,(H,31,35). The Hall–Kier alpha value is -4.02. The summed E-state index contributed by atoms with van der Waals surface area (Å²) in [7, 11) is 1.96. The number of carbonyl (C=O) groups excluding carboxylic acids is 1. The predicted molar refractivity (Wildman–Crippen MR) is 141 cm³/mol. The molecular formula is C27H29N7O3. The summed E-state index contributed by atoms with van der Waals surface area (Å²) in [5.74, 6) is 0.680. The van der Waals surface area contributed by atoms with Crippen LogP contribution in [-0.2, 0) is 18.3 Å². The molecule has 1 saturated heterocycles. The lowest BCUT2D eigenvalue weighted by Gasteiger charge is -2.39. The van der Waals surface area contributed by atoms with Gasteiger partial charge in [0.05, 0.1) is 47.2 Å². The van der Waals surface area contributed by atoms with E-state index in [2.05, 4.69) is 25.5 Å². The molecule has 3 N–H and O–H groups in total. The van der Waals surface area contributed by atoms with E-state index in [0.29, 0.717) is 37.5 Å². The summed E-state index contributed by atoms with van der Waals surface area (Å²) < 4.78 is 7.70. The van der Waals surface area contributed by atoms with Crippen LogP contribution in [0.15, 0.2) is 49.1 Å². The number of hydrogen-bond donors (Lipinski definition) is 3. The van der Waals surface area contributed by atoms with Crippen LogP contribution in [0.2, 0.25) is 0 Å². The summed E-state index contributed by atoms with van der Waals surface area (Å²) in [5.41, 5.74) is 4.51. The second-order valence-corrected chi connectivity index (χ2v) is 10.1. The fourth-order valence-electron chi connectivity index (χ4n) is 5.03. The van der Waals surface area contributed by atoms with Gasteiger partial charge in [0, 0.05) is 55.6 Å². The van der Waals surface area contributed by atoms with Crippen LogP contribution in [0, 0.1) is 0 Å². The number of pyridine rings is 3. The van der Waals surface area contributed by atoms with Crippen molar-refractivity contribution in [3.8, 4) is 11.3 Å². The first-order valence-electron chi connectivity index (χ1n) is 12.3. The molecule has 6 rings (SSSR count). The molecule has 1 fully saturated rings. The van der Waals surface area contributed by atoms with Crippen molar-refractivity contribution < 1.29 is 14.6 Å². The van der Waals surface area contributed by atoms with E-state index in [1.165, 1.54) is 0 Å². The van der Waals surface area contributed by atoms with Crippen LogP contribution in [0.1, 0.15) is 29.8 Å². The molecule has 4 aromatic heterocycles. The Labute approximate surface area is 214 Å². The van der Waals surface area contributed by atoms with Crippen LogP contribution in [0.4, 0.5) is 17.2 Å². The van der Waals surface area contributed by atoms with E-state index in [9.17, 15) is 9.90 Å². The summed E-state index contributed by atoms with van der Waals surface area (Å²) in [6.07, 6.45) is 6.90. The molecule has 37 heavy (non-hydrogen) atoms. The molecule has 1 amide bonds. The van der Waals surface area contributed by atoms with Gasteiger partial charge in [-0.1, -0.05) is 0 Å². The normalized spacial score (nSPS) is 17.7. The zero-order chi connectivity index (χ0) is 25.7. The molecule has 0 aliphatic carbocycles. The van der Waals surface area contributed by atoms with E-state index >= 15 is 0 Å². The van der Waals surface area contributed by atoms with E-state index in [-0.39, 0.29) is 12.0 Å². The Morgan fingerprint density at radius 1 is 1.16 bits per heavy atom. The fourth-order valence-corrected chi connectivity index (χ4v) is 5.03. The third kappa shape index (κ3) is 4.17. The van der Waals surface area contributed by atoms with Crippen molar-refractivity contribution in [2.45, 2.75) is 32.1 Å². The number of aryl methyl sites for hydroxylation is 1. The Morgan fingerprint density at radius 2 is 2.03 bits per heavy atom. The van der Waals surface area contributed by atoms with Gasteiger partial charge in [0.15, 0.2) is 0 Å². The third-order valence-electron chi connectivity index (χ3n) is 7.06. The number of nitrogens with zero attached hydrogens (tertiary/aromatic N) is 5. The zero-order valence-electron chi connectivity index (χ0n) is 21.0. The lowest BCUT2D eigenvalue weighted by atomic mass is 10.00. The first kappa shape index (κ1) is 23.4. The number of rotatable bonds is 5. The molecule has 190 valence electrons. The average Bonchev–Trinajstić information content (AvgIpc) is 3.47. The van der Waals surface area contributed by atoms with Gasteiger partial charge in [-0.2, -0.15) is 0 Å². The van der Waals surface area contributed by atoms with Gasteiger partial charge in [-0.25, -0.2) is 9.97 Å². The molecule has 10 heteroatoms. The van der Waals surface area contributed by atoms with Gasteiger partial charge in [0.25, 0.3) is 5.91 Å².